The average molecular weight is 332 g/mol. The zero-order valence-electron chi connectivity index (χ0n) is 14.3. The molecule has 4 heteroatoms. The van der Waals surface area contributed by atoms with E-state index in [1.165, 1.54) is 10.5 Å². The Morgan fingerprint density at radius 3 is 2.64 bits per heavy atom. The van der Waals surface area contributed by atoms with E-state index < -0.39 is 0 Å². The topological polar surface area (TPSA) is 63.4 Å². The normalized spacial score (nSPS) is 24.6. The fraction of sp³-hybridized carbons (Fsp3) is 0.238. The first-order chi connectivity index (χ1) is 12.0. The van der Waals surface area contributed by atoms with Gasteiger partial charge in [0.2, 0.25) is 5.91 Å². The molecule has 1 aliphatic heterocycles. The minimum atomic E-state index is -0.359. The van der Waals surface area contributed by atoms with E-state index in [0.717, 1.165) is 16.7 Å². The lowest BCUT2D eigenvalue weighted by molar-refractivity contribution is -0.149. The summed E-state index contributed by atoms with van der Waals surface area (Å²) in [6.45, 7) is 4.34. The summed E-state index contributed by atoms with van der Waals surface area (Å²) >= 11 is 0. The van der Waals surface area contributed by atoms with Gasteiger partial charge in [-0.3, -0.25) is 14.5 Å². The van der Waals surface area contributed by atoms with Crippen molar-refractivity contribution in [3.05, 3.63) is 82.1 Å². The first-order valence-electron chi connectivity index (χ1n) is 8.45. The summed E-state index contributed by atoms with van der Waals surface area (Å²) in [6.07, 6.45) is 9.18. The van der Waals surface area contributed by atoms with E-state index in [9.17, 15) is 9.59 Å². The average Bonchev–Trinajstić information content (AvgIpc) is 2.59. The molecule has 0 aromatic heterocycles. The van der Waals surface area contributed by atoms with Crippen LogP contribution in [0, 0.1) is 25.7 Å². The van der Waals surface area contributed by atoms with Crippen LogP contribution >= 0.6 is 0 Å². The van der Waals surface area contributed by atoms with Gasteiger partial charge in [-0.2, -0.15) is 0 Å². The highest BCUT2D eigenvalue weighted by molar-refractivity contribution is 6.10. The minimum Gasteiger partial charge on any atom is -0.398 e. The van der Waals surface area contributed by atoms with Crippen molar-refractivity contribution in [3.8, 4) is 0 Å². The molecule has 1 heterocycles. The molecule has 3 aliphatic rings. The molecule has 4 rings (SSSR count). The minimum absolute atomic E-state index is 0.149. The molecule has 2 aliphatic carbocycles. The van der Waals surface area contributed by atoms with Crippen LogP contribution in [0.4, 0.5) is 0 Å². The molecule has 4 nitrogen and oxygen atoms in total. The van der Waals surface area contributed by atoms with Crippen molar-refractivity contribution in [2.24, 2.45) is 17.6 Å². The van der Waals surface area contributed by atoms with Crippen molar-refractivity contribution in [1.29, 1.82) is 0 Å². The summed E-state index contributed by atoms with van der Waals surface area (Å²) in [6, 6.07) is 6.07. The van der Waals surface area contributed by atoms with E-state index in [1.807, 2.05) is 44.2 Å². The molecule has 0 bridgehead atoms. The number of rotatable bonds is 2. The van der Waals surface area contributed by atoms with Crippen LogP contribution in [0.1, 0.15) is 16.7 Å². The number of amides is 2. The Morgan fingerprint density at radius 1 is 1.08 bits per heavy atom. The molecule has 126 valence electrons. The van der Waals surface area contributed by atoms with Crippen LogP contribution < -0.4 is 5.73 Å². The van der Waals surface area contributed by atoms with Crippen LogP contribution in [-0.4, -0.2) is 16.7 Å². The highest BCUT2D eigenvalue weighted by atomic mass is 16.2. The number of carbonyl (C=O) groups is 2. The van der Waals surface area contributed by atoms with Crippen LogP contribution in [0.5, 0.6) is 0 Å². The second-order valence-corrected chi connectivity index (χ2v) is 6.91. The third-order valence-electron chi connectivity index (χ3n) is 5.27. The van der Waals surface area contributed by atoms with Crippen LogP contribution in [0.25, 0.3) is 0 Å². The molecule has 2 atom stereocenters. The number of hydrogen-bond acceptors (Lipinski definition) is 3. The Labute approximate surface area is 147 Å². The number of likely N-dealkylation sites (tertiary alicyclic amines) is 1. The number of imide groups is 1. The van der Waals surface area contributed by atoms with Gasteiger partial charge in [-0.25, -0.2) is 0 Å². The van der Waals surface area contributed by atoms with E-state index >= 15 is 0 Å². The maximum absolute atomic E-state index is 13.0. The van der Waals surface area contributed by atoms with E-state index in [2.05, 4.69) is 6.07 Å². The number of nitrogens with zero attached hydrogens (tertiary/aromatic N) is 1. The lowest BCUT2D eigenvalue weighted by atomic mass is 9.70. The van der Waals surface area contributed by atoms with Gasteiger partial charge in [0.25, 0.3) is 5.91 Å². The monoisotopic (exact) mass is 332 g/mol. The zero-order valence-corrected chi connectivity index (χ0v) is 14.3. The molecule has 0 saturated carbocycles. The summed E-state index contributed by atoms with van der Waals surface area (Å²) in [7, 11) is 0. The molecular formula is C21H20N2O2. The highest BCUT2D eigenvalue weighted by Gasteiger charge is 2.47. The molecule has 1 aromatic rings. The second-order valence-electron chi connectivity index (χ2n) is 6.91. The molecule has 1 aromatic carbocycles. The SMILES string of the molecule is Cc1ccc(CN2C(=O)C3=CC=C(N)C4=CC=CC(C2=O)C34)c(C)c1. The van der Waals surface area contributed by atoms with E-state index in [0.29, 0.717) is 17.8 Å². The van der Waals surface area contributed by atoms with Crippen molar-refractivity contribution < 1.29 is 9.59 Å². The Kier molecular flexibility index (Phi) is 3.49. The van der Waals surface area contributed by atoms with Gasteiger partial charge in [0.05, 0.1) is 12.5 Å². The molecular weight excluding hydrogens is 312 g/mol. The predicted octanol–water partition coefficient (Wildman–Crippen LogP) is 2.68. The highest BCUT2D eigenvalue weighted by Crippen LogP contribution is 2.43. The third-order valence-corrected chi connectivity index (χ3v) is 5.27. The summed E-state index contributed by atoms with van der Waals surface area (Å²) in [4.78, 5) is 27.4. The van der Waals surface area contributed by atoms with Crippen molar-refractivity contribution in [1.82, 2.24) is 4.90 Å². The first kappa shape index (κ1) is 15.6. The summed E-state index contributed by atoms with van der Waals surface area (Å²) in [5.41, 5.74) is 11.5. The van der Waals surface area contributed by atoms with Gasteiger partial charge in [-0.15, -0.1) is 0 Å². The molecule has 2 unspecified atom stereocenters. The number of piperidine rings is 1. The second kappa shape index (κ2) is 5.59. The first-order valence-corrected chi connectivity index (χ1v) is 8.45. The fourth-order valence-electron chi connectivity index (χ4n) is 3.91. The number of benzene rings is 1. The Balaban J connectivity index is 1.73. The van der Waals surface area contributed by atoms with Crippen LogP contribution in [0.3, 0.4) is 0 Å². The Bertz CT molecular complexity index is 918. The molecule has 2 N–H and O–H groups in total. The standard InChI is InChI=1S/C21H20N2O2/c1-12-6-7-14(13(2)10-12)11-23-20(24)16-5-3-4-15-18(22)9-8-17(19(15)16)21(23)25/h3-10,16,19H,11,22H2,1-2H3. The van der Waals surface area contributed by atoms with Gasteiger partial charge in [-0.05, 0) is 36.6 Å². The van der Waals surface area contributed by atoms with Gasteiger partial charge in [0, 0.05) is 17.2 Å². The number of nitrogens with two attached hydrogens (primary N) is 1. The lowest BCUT2D eigenvalue weighted by Gasteiger charge is -2.40. The quantitative estimate of drug-likeness (QED) is 0.847. The smallest absolute Gasteiger partial charge is 0.257 e. The van der Waals surface area contributed by atoms with Crippen LogP contribution in [-0.2, 0) is 16.1 Å². The van der Waals surface area contributed by atoms with E-state index in [4.69, 9.17) is 5.73 Å². The van der Waals surface area contributed by atoms with E-state index in [-0.39, 0.29) is 23.7 Å². The van der Waals surface area contributed by atoms with Crippen molar-refractivity contribution in [2.45, 2.75) is 20.4 Å². The molecule has 0 radical (unpaired) electrons. The predicted molar refractivity (Wildman–Crippen MR) is 96.0 cm³/mol. The van der Waals surface area contributed by atoms with Gasteiger partial charge in [0.1, 0.15) is 0 Å². The number of hydrogen-bond donors (Lipinski definition) is 1. The summed E-state index contributed by atoms with van der Waals surface area (Å²) in [5.74, 6) is -0.966. The van der Waals surface area contributed by atoms with Gasteiger partial charge >= 0.3 is 0 Å². The lowest BCUT2D eigenvalue weighted by Crippen LogP contribution is -2.51. The van der Waals surface area contributed by atoms with Crippen LogP contribution in [0.15, 0.2) is 65.4 Å². The van der Waals surface area contributed by atoms with Crippen molar-refractivity contribution in [3.63, 3.8) is 0 Å². The number of aryl methyl sites for hydroxylation is 2. The van der Waals surface area contributed by atoms with Gasteiger partial charge < -0.3 is 5.73 Å². The molecule has 1 saturated heterocycles. The van der Waals surface area contributed by atoms with Crippen LogP contribution in [0.2, 0.25) is 0 Å². The maximum Gasteiger partial charge on any atom is 0.257 e. The van der Waals surface area contributed by atoms with Crippen molar-refractivity contribution >= 4 is 11.8 Å². The maximum atomic E-state index is 13.0. The number of allylic oxidation sites excluding steroid dienone is 5. The zero-order chi connectivity index (χ0) is 17.7. The third kappa shape index (κ3) is 2.37. The van der Waals surface area contributed by atoms with Gasteiger partial charge in [0.15, 0.2) is 0 Å². The summed E-state index contributed by atoms with van der Waals surface area (Å²) in [5, 5.41) is 0. The summed E-state index contributed by atoms with van der Waals surface area (Å²) < 4.78 is 0. The molecule has 1 fully saturated rings. The van der Waals surface area contributed by atoms with E-state index in [1.54, 1.807) is 12.2 Å². The molecule has 2 amide bonds. The van der Waals surface area contributed by atoms with Gasteiger partial charge in [-0.1, -0.05) is 48.1 Å². The largest absolute Gasteiger partial charge is 0.398 e. The molecule has 25 heavy (non-hydrogen) atoms. The van der Waals surface area contributed by atoms with Crippen molar-refractivity contribution in [2.75, 3.05) is 0 Å². The Morgan fingerprint density at radius 2 is 1.88 bits per heavy atom. The Hall–Kier alpha value is -2.88. The number of carbonyl (C=O) groups excluding carboxylic acids is 2. The fourth-order valence-corrected chi connectivity index (χ4v) is 3.91. The molecule has 0 spiro atoms.